The fourth-order valence-electron chi connectivity index (χ4n) is 4.91. The highest BCUT2D eigenvalue weighted by Gasteiger charge is 2.26. The van der Waals surface area contributed by atoms with Gasteiger partial charge in [-0.25, -0.2) is 9.97 Å². The summed E-state index contributed by atoms with van der Waals surface area (Å²) < 4.78 is 0. The molecule has 0 radical (unpaired) electrons. The second kappa shape index (κ2) is 4.78. The zero-order valence-corrected chi connectivity index (χ0v) is 15.8. The van der Waals surface area contributed by atoms with Gasteiger partial charge in [-0.1, -0.05) is 66.2 Å². The van der Waals surface area contributed by atoms with Gasteiger partial charge in [0.2, 0.25) is 0 Å². The molecule has 0 N–H and O–H groups in total. The van der Waals surface area contributed by atoms with Crippen LogP contribution in [0.1, 0.15) is 5.56 Å². The smallest absolute Gasteiger partial charge is 0.0986 e. The minimum Gasteiger partial charge on any atom is -0.245 e. The number of rotatable bonds is 0. The molecule has 0 unspecified atom stereocenters. The van der Waals surface area contributed by atoms with Crippen molar-refractivity contribution < 1.29 is 0 Å². The molecule has 0 aliphatic heterocycles. The molecular formula is C25H13ClN2. The molecule has 1 aliphatic rings. The van der Waals surface area contributed by atoms with Gasteiger partial charge in [0, 0.05) is 26.9 Å². The lowest BCUT2D eigenvalue weighted by molar-refractivity contribution is 1.35. The van der Waals surface area contributed by atoms with Gasteiger partial charge in [-0.05, 0) is 34.7 Å². The monoisotopic (exact) mass is 376 g/mol. The van der Waals surface area contributed by atoms with E-state index in [1.54, 1.807) is 0 Å². The third kappa shape index (κ3) is 1.58. The summed E-state index contributed by atoms with van der Waals surface area (Å²) in [6.45, 7) is 2.12. The molecule has 7 rings (SSSR count). The van der Waals surface area contributed by atoms with Crippen molar-refractivity contribution >= 4 is 65.7 Å². The maximum atomic E-state index is 6.53. The Morgan fingerprint density at radius 1 is 0.607 bits per heavy atom. The van der Waals surface area contributed by atoms with Crippen molar-refractivity contribution in [3.8, 4) is 11.4 Å². The molecule has 0 spiro atoms. The number of fused-ring (bicyclic) bond motifs is 5. The highest BCUT2D eigenvalue weighted by atomic mass is 35.5. The maximum absolute atomic E-state index is 6.53. The molecule has 130 valence electrons. The lowest BCUT2D eigenvalue weighted by atomic mass is 9.97. The Morgan fingerprint density at radius 3 is 1.93 bits per heavy atom. The summed E-state index contributed by atoms with van der Waals surface area (Å²) in [5, 5.41) is 10.3. The van der Waals surface area contributed by atoms with Crippen molar-refractivity contribution in [1.29, 1.82) is 0 Å². The molecule has 0 atom stereocenters. The highest BCUT2D eigenvalue weighted by molar-refractivity contribution is 6.39. The molecule has 3 heteroatoms. The van der Waals surface area contributed by atoms with Crippen LogP contribution in [-0.4, -0.2) is 9.97 Å². The fraction of sp³-hybridized carbons (Fsp3) is 0.0400. The molecule has 4 aromatic carbocycles. The molecule has 28 heavy (non-hydrogen) atoms. The van der Waals surface area contributed by atoms with Gasteiger partial charge in [0.1, 0.15) is 0 Å². The first-order chi connectivity index (χ1) is 13.7. The fourth-order valence-corrected chi connectivity index (χ4v) is 5.12. The van der Waals surface area contributed by atoms with Crippen LogP contribution in [0.25, 0.3) is 65.5 Å². The van der Waals surface area contributed by atoms with E-state index in [0.717, 1.165) is 27.8 Å². The molecule has 0 saturated heterocycles. The summed E-state index contributed by atoms with van der Waals surface area (Å²) in [4.78, 5) is 10.2. The van der Waals surface area contributed by atoms with Crippen LogP contribution in [0.2, 0.25) is 5.02 Å². The van der Waals surface area contributed by atoms with Crippen molar-refractivity contribution in [2.24, 2.45) is 0 Å². The van der Waals surface area contributed by atoms with Gasteiger partial charge < -0.3 is 0 Å². The molecule has 2 aromatic heterocycles. The van der Waals surface area contributed by atoms with Crippen molar-refractivity contribution in [2.75, 3.05) is 0 Å². The largest absolute Gasteiger partial charge is 0.245 e. The maximum Gasteiger partial charge on any atom is 0.0986 e. The summed E-state index contributed by atoms with van der Waals surface area (Å²) in [6, 6.07) is 21.3. The molecular weight excluding hydrogens is 364 g/mol. The third-order valence-electron chi connectivity index (χ3n) is 6.14. The van der Waals surface area contributed by atoms with Crippen LogP contribution in [0.3, 0.4) is 0 Å². The number of hydrogen-bond donors (Lipinski definition) is 0. The van der Waals surface area contributed by atoms with Gasteiger partial charge in [-0.3, -0.25) is 0 Å². The average Bonchev–Trinajstić information content (AvgIpc) is 3.04. The van der Waals surface area contributed by atoms with Crippen molar-refractivity contribution in [3.63, 3.8) is 0 Å². The molecule has 1 aliphatic carbocycles. The summed E-state index contributed by atoms with van der Waals surface area (Å²) in [7, 11) is 0. The minimum atomic E-state index is 0.680. The van der Waals surface area contributed by atoms with Crippen LogP contribution in [0.5, 0.6) is 0 Å². The number of halogens is 1. The van der Waals surface area contributed by atoms with Gasteiger partial charge in [0.15, 0.2) is 0 Å². The second-order valence-electron chi connectivity index (χ2n) is 7.60. The van der Waals surface area contributed by atoms with Crippen LogP contribution >= 0.6 is 11.6 Å². The Bertz CT molecular complexity index is 1560. The number of nitrogens with zero attached hydrogens (tertiary/aromatic N) is 2. The minimum absolute atomic E-state index is 0.680. The Kier molecular flexibility index (Phi) is 2.52. The van der Waals surface area contributed by atoms with Crippen molar-refractivity contribution in [2.45, 2.75) is 6.92 Å². The summed E-state index contributed by atoms with van der Waals surface area (Å²) >= 11 is 6.53. The Morgan fingerprint density at radius 2 is 1.21 bits per heavy atom. The molecule has 2 nitrogen and oxygen atoms in total. The van der Waals surface area contributed by atoms with E-state index in [0.29, 0.717) is 5.02 Å². The van der Waals surface area contributed by atoms with E-state index in [9.17, 15) is 0 Å². The lowest BCUT2D eigenvalue weighted by Gasteiger charge is -2.09. The van der Waals surface area contributed by atoms with E-state index in [-0.39, 0.29) is 0 Å². The standard InChI is InChI=1S/C25H13ClN2/c1-12-4-2-5-16-14-10-8-13-9-11-15-17-6-3-7-18(26)23(17)28-25-21(15)19(13)20(14)24(25)27-22(12)16/h2-11H,1H3. The predicted molar refractivity (Wildman–Crippen MR) is 118 cm³/mol. The Hall–Kier alpha value is -3.23. The first kappa shape index (κ1) is 14.8. The topological polar surface area (TPSA) is 25.8 Å². The SMILES string of the molecule is Cc1cccc2c1nc1c3c2ccc2ccc4c5cccc(Cl)c5nc-1c4c23. The van der Waals surface area contributed by atoms with E-state index in [1.807, 2.05) is 12.1 Å². The van der Waals surface area contributed by atoms with Crippen molar-refractivity contribution in [3.05, 3.63) is 71.2 Å². The Labute approximate surface area is 165 Å². The average molecular weight is 377 g/mol. The zero-order chi connectivity index (χ0) is 18.6. The number of para-hydroxylation sites is 2. The highest BCUT2D eigenvalue weighted by Crippen LogP contribution is 2.49. The molecule has 2 heterocycles. The van der Waals surface area contributed by atoms with Crippen LogP contribution in [0.4, 0.5) is 0 Å². The van der Waals surface area contributed by atoms with Gasteiger partial charge in [0.05, 0.1) is 27.4 Å². The van der Waals surface area contributed by atoms with Gasteiger partial charge in [-0.2, -0.15) is 0 Å². The number of aromatic nitrogens is 2. The molecule has 0 fully saturated rings. The van der Waals surface area contributed by atoms with E-state index < -0.39 is 0 Å². The third-order valence-corrected chi connectivity index (χ3v) is 6.44. The number of benzene rings is 4. The quantitative estimate of drug-likeness (QED) is 0.262. The number of hydrogen-bond acceptors (Lipinski definition) is 2. The molecule has 6 aromatic rings. The zero-order valence-electron chi connectivity index (χ0n) is 15.0. The summed E-state index contributed by atoms with van der Waals surface area (Å²) in [5.41, 5.74) is 5.01. The van der Waals surface area contributed by atoms with E-state index in [4.69, 9.17) is 21.6 Å². The predicted octanol–water partition coefficient (Wildman–Crippen LogP) is 7.18. The van der Waals surface area contributed by atoms with E-state index in [1.165, 1.54) is 43.3 Å². The van der Waals surface area contributed by atoms with Crippen molar-refractivity contribution in [1.82, 2.24) is 9.97 Å². The van der Waals surface area contributed by atoms with Crippen LogP contribution in [0, 0.1) is 6.92 Å². The van der Waals surface area contributed by atoms with Crippen LogP contribution in [0.15, 0.2) is 60.7 Å². The number of pyridine rings is 2. The normalized spacial score (nSPS) is 12.6. The molecule has 0 amide bonds. The number of aryl methyl sites for hydroxylation is 1. The second-order valence-corrected chi connectivity index (χ2v) is 8.01. The van der Waals surface area contributed by atoms with Crippen LogP contribution < -0.4 is 0 Å². The summed E-state index contributed by atoms with van der Waals surface area (Å²) in [5.74, 6) is 0. The van der Waals surface area contributed by atoms with Gasteiger partial charge in [-0.15, -0.1) is 0 Å². The van der Waals surface area contributed by atoms with E-state index in [2.05, 4.69) is 55.5 Å². The molecule has 0 saturated carbocycles. The van der Waals surface area contributed by atoms with Crippen LogP contribution in [-0.2, 0) is 0 Å². The van der Waals surface area contributed by atoms with Gasteiger partial charge in [0.25, 0.3) is 0 Å². The summed E-state index contributed by atoms with van der Waals surface area (Å²) in [6.07, 6.45) is 0. The van der Waals surface area contributed by atoms with Gasteiger partial charge >= 0.3 is 0 Å². The first-order valence-corrected chi connectivity index (χ1v) is 9.77. The van der Waals surface area contributed by atoms with E-state index >= 15 is 0 Å². The molecule has 0 bridgehead atoms. The Balaban J connectivity index is 1.86. The lowest BCUT2D eigenvalue weighted by Crippen LogP contribution is -1.91. The first-order valence-electron chi connectivity index (χ1n) is 9.39.